The lowest BCUT2D eigenvalue weighted by atomic mass is 9.89. The van der Waals surface area contributed by atoms with Crippen LogP contribution >= 0.6 is 11.8 Å². The standard InChI is InChI=1S/C19H26N2O3S/c1-25-10-9-15(12-22)20-18(23)14-7-8-16-17(11-14)24-19(21-16)13-5-3-2-4-6-13/h7-8,11,13,15,22H,2-6,9-10,12H2,1H3,(H,20,23)/t15-/m0/s1. The minimum absolute atomic E-state index is 0.0529. The number of fused-ring (bicyclic) bond motifs is 1. The number of aromatic nitrogens is 1. The fourth-order valence-corrected chi connectivity index (χ4v) is 3.87. The fourth-order valence-electron chi connectivity index (χ4n) is 3.35. The maximum Gasteiger partial charge on any atom is 0.251 e. The van der Waals surface area contributed by atoms with Crippen LogP contribution in [0.3, 0.4) is 0 Å². The van der Waals surface area contributed by atoms with Gasteiger partial charge < -0.3 is 14.8 Å². The van der Waals surface area contributed by atoms with E-state index in [1.807, 2.05) is 12.3 Å². The van der Waals surface area contributed by atoms with E-state index in [-0.39, 0.29) is 18.6 Å². The van der Waals surface area contributed by atoms with Crippen LogP contribution in [0.15, 0.2) is 22.6 Å². The summed E-state index contributed by atoms with van der Waals surface area (Å²) < 4.78 is 5.95. The molecule has 1 aromatic carbocycles. The van der Waals surface area contributed by atoms with Crippen molar-refractivity contribution in [3.8, 4) is 0 Å². The Morgan fingerprint density at radius 2 is 2.20 bits per heavy atom. The maximum atomic E-state index is 12.4. The SMILES string of the molecule is CSCC[C@@H](CO)NC(=O)c1ccc2nc(C3CCCCC3)oc2c1. The van der Waals surface area contributed by atoms with E-state index >= 15 is 0 Å². The van der Waals surface area contributed by atoms with Crippen LogP contribution in [-0.2, 0) is 0 Å². The highest BCUT2D eigenvalue weighted by atomic mass is 32.2. The number of carbonyl (C=O) groups excluding carboxylic acids is 1. The smallest absolute Gasteiger partial charge is 0.251 e. The number of nitrogens with zero attached hydrogens (tertiary/aromatic N) is 1. The van der Waals surface area contributed by atoms with Crippen LogP contribution in [0, 0.1) is 0 Å². The molecule has 1 aromatic heterocycles. The highest BCUT2D eigenvalue weighted by Crippen LogP contribution is 2.33. The van der Waals surface area contributed by atoms with Crippen molar-refractivity contribution >= 4 is 28.8 Å². The van der Waals surface area contributed by atoms with Gasteiger partial charge in [-0.25, -0.2) is 4.98 Å². The summed E-state index contributed by atoms with van der Waals surface area (Å²) in [6.45, 7) is -0.0529. The van der Waals surface area contributed by atoms with Crippen molar-refractivity contribution in [1.82, 2.24) is 10.3 Å². The van der Waals surface area contributed by atoms with Crippen molar-refractivity contribution in [3.63, 3.8) is 0 Å². The lowest BCUT2D eigenvalue weighted by Gasteiger charge is -2.17. The number of hydrogen-bond donors (Lipinski definition) is 2. The molecule has 136 valence electrons. The van der Waals surface area contributed by atoms with E-state index in [2.05, 4.69) is 10.3 Å². The van der Waals surface area contributed by atoms with E-state index < -0.39 is 0 Å². The van der Waals surface area contributed by atoms with E-state index in [4.69, 9.17) is 4.42 Å². The number of oxazole rings is 1. The highest BCUT2D eigenvalue weighted by Gasteiger charge is 2.21. The van der Waals surface area contributed by atoms with E-state index in [1.165, 1.54) is 19.3 Å². The van der Waals surface area contributed by atoms with E-state index in [1.54, 1.807) is 23.9 Å². The Labute approximate surface area is 152 Å². The predicted octanol–water partition coefficient (Wildman–Crippen LogP) is 3.72. The molecule has 25 heavy (non-hydrogen) atoms. The molecule has 6 heteroatoms. The third-order valence-electron chi connectivity index (χ3n) is 4.85. The van der Waals surface area contributed by atoms with Gasteiger partial charge in [0.05, 0.1) is 12.6 Å². The Balaban J connectivity index is 1.72. The van der Waals surface area contributed by atoms with Gasteiger partial charge >= 0.3 is 0 Å². The zero-order valence-corrected chi connectivity index (χ0v) is 15.5. The third kappa shape index (κ3) is 4.55. The van der Waals surface area contributed by atoms with Gasteiger partial charge in [0.15, 0.2) is 11.5 Å². The number of hydrogen-bond acceptors (Lipinski definition) is 5. The molecule has 0 aliphatic heterocycles. The van der Waals surface area contributed by atoms with Crippen LogP contribution in [0.1, 0.15) is 60.7 Å². The van der Waals surface area contributed by atoms with E-state index in [0.717, 1.165) is 36.4 Å². The number of aliphatic hydroxyl groups is 1. The molecule has 0 spiro atoms. The first-order valence-corrected chi connectivity index (χ1v) is 10.4. The van der Waals surface area contributed by atoms with Gasteiger partial charge in [-0.05, 0) is 49.5 Å². The van der Waals surface area contributed by atoms with Crippen molar-refractivity contribution in [3.05, 3.63) is 29.7 Å². The zero-order chi connectivity index (χ0) is 17.6. The number of rotatable bonds is 7. The van der Waals surface area contributed by atoms with Gasteiger partial charge in [0.2, 0.25) is 0 Å². The first-order chi connectivity index (χ1) is 12.2. The Hall–Kier alpha value is -1.53. The second kappa shape index (κ2) is 8.72. The molecule has 0 bridgehead atoms. The molecule has 3 rings (SSSR count). The number of aliphatic hydroxyl groups excluding tert-OH is 1. The van der Waals surface area contributed by atoms with Gasteiger partial charge in [-0.15, -0.1) is 0 Å². The van der Waals surface area contributed by atoms with Crippen LogP contribution in [0.5, 0.6) is 0 Å². The summed E-state index contributed by atoms with van der Waals surface area (Å²) in [4.78, 5) is 17.1. The summed E-state index contributed by atoms with van der Waals surface area (Å²) in [5.41, 5.74) is 2.01. The van der Waals surface area contributed by atoms with Crippen molar-refractivity contribution in [2.45, 2.75) is 50.5 Å². The van der Waals surface area contributed by atoms with Crippen molar-refractivity contribution in [1.29, 1.82) is 0 Å². The molecule has 0 unspecified atom stereocenters. The molecule has 1 amide bonds. The molecule has 1 fully saturated rings. The molecule has 1 aliphatic carbocycles. The van der Waals surface area contributed by atoms with Crippen LogP contribution in [-0.4, -0.2) is 40.7 Å². The summed E-state index contributed by atoms with van der Waals surface area (Å²) in [5, 5.41) is 12.3. The Morgan fingerprint density at radius 3 is 2.92 bits per heavy atom. The average molecular weight is 362 g/mol. The van der Waals surface area contributed by atoms with Crippen LogP contribution < -0.4 is 5.32 Å². The van der Waals surface area contributed by atoms with Crippen LogP contribution in [0.4, 0.5) is 0 Å². The minimum Gasteiger partial charge on any atom is -0.440 e. The molecule has 1 heterocycles. The van der Waals surface area contributed by atoms with Gasteiger partial charge in [0.25, 0.3) is 5.91 Å². The van der Waals surface area contributed by atoms with Crippen LogP contribution in [0.2, 0.25) is 0 Å². The molecule has 2 N–H and O–H groups in total. The minimum atomic E-state index is -0.219. The summed E-state index contributed by atoms with van der Waals surface area (Å²) in [7, 11) is 0. The molecule has 2 aromatic rings. The number of benzene rings is 1. The van der Waals surface area contributed by atoms with Crippen molar-refractivity contribution in [2.75, 3.05) is 18.6 Å². The average Bonchev–Trinajstić information content (AvgIpc) is 3.09. The molecule has 5 nitrogen and oxygen atoms in total. The molecular weight excluding hydrogens is 336 g/mol. The van der Waals surface area contributed by atoms with E-state index in [0.29, 0.717) is 17.1 Å². The third-order valence-corrected chi connectivity index (χ3v) is 5.49. The lowest BCUT2D eigenvalue weighted by molar-refractivity contribution is 0.0915. The summed E-state index contributed by atoms with van der Waals surface area (Å²) >= 11 is 1.70. The van der Waals surface area contributed by atoms with Crippen molar-refractivity contribution in [2.24, 2.45) is 0 Å². The highest BCUT2D eigenvalue weighted by molar-refractivity contribution is 7.98. The Kier molecular flexibility index (Phi) is 6.37. The quantitative estimate of drug-likeness (QED) is 0.785. The second-order valence-electron chi connectivity index (χ2n) is 6.70. The predicted molar refractivity (Wildman–Crippen MR) is 101 cm³/mol. The molecule has 0 saturated heterocycles. The summed E-state index contributed by atoms with van der Waals surface area (Å²) in [6, 6.07) is 5.15. The molecule has 1 aliphatic rings. The topological polar surface area (TPSA) is 75.4 Å². The summed E-state index contributed by atoms with van der Waals surface area (Å²) in [6.07, 6.45) is 8.79. The zero-order valence-electron chi connectivity index (χ0n) is 14.7. The fraction of sp³-hybridized carbons (Fsp3) is 0.579. The lowest BCUT2D eigenvalue weighted by Crippen LogP contribution is -2.37. The molecular formula is C19H26N2O3S. The number of amides is 1. The molecule has 1 saturated carbocycles. The van der Waals surface area contributed by atoms with Gasteiger partial charge in [-0.1, -0.05) is 19.3 Å². The largest absolute Gasteiger partial charge is 0.440 e. The normalized spacial score (nSPS) is 16.9. The Morgan fingerprint density at radius 1 is 1.40 bits per heavy atom. The second-order valence-corrected chi connectivity index (χ2v) is 7.69. The van der Waals surface area contributed by atoms with Gasteiger partial charge in [0.1, 0.15) is 5.52 Å². The van der Waals surface area contributed by atoms with Gasteiger partial charge in [0, 0.05) is 11.5 Å². The van der Waals surface area contributed by atoms with Crippen molar-refractivity contribution < 1.29 is 14.3 Å². The molecule has 0 radical (unpaired) electrons. The van der Waals surface area contributed by atoms with Gasteiger partial charge in [-0.2, -0.15) is 11.8 Å². The number of carbonyl (C=O) groups is 1. The first-order valence-electron chi connectivity index (χ1n) is 9.02. The monoisotopic (exact) mass is 362 g/mol. The Bertz CT molecular complexity index is 710. The van der Waals surface area contributed by atoms with Gasteiger partial charge in [-0.3, -0.25) is 4.79 Å². The number of thioether (sulfide) groups is 1. The molecule has 1 atom stereocenters. The summed E-state index contributed by atoms with van der Waals surface area (Å²) in [5.74, 6) is 1.93. The maximum absolute atomic E-state index is 12.4. The number of nitrogens with one attached hydrogen (secondary N) is 1. The first kappa shape index (κ1) is 18.3. The van der Waals surface area contributed by atoms with E-state index in [9.17, 15) is 9.90 Å². The van der Waals surface area contributed by atoms with Crippen LogP contribution in [0.25, 0.3) is 11.1 Å².